The molecule has 148 valence electrons. The topological polar surface area (TPSA) is 65.8 Å². The van der Waals surface area contributed by atoms with Gasteiger partial charge in [0.25, 0.3) is 5.91 Å². The number of nitrogens with one attached hydrogen (secondary N) is 1. The minimum absolute atomic E-state index is 0.158. The summed E-state index contributed by atoms with van der Waals surface area (Å²) >= 11 is 0. The van der Waals surface area contributed by atoms with Gasteiger partial charge in [0, 0.05) is 31.6 Å². The standard InChI is InChI=1S/C21H31N3O3/c1-15-13-18(16-5-4-8-22-14-16)27-21(26)19(15)20(25)24-11-6-17(7-12-24)23-9-2-3-10-23/h13,16-17,22H,2-12,14H2,1H3. The van der Waals surface area contributed by atoms with Crippen molar-refractivity contribution in [1.29, 1.82) is 0 Å². The average Bonchev–Trinajstić information content (AvgIpc) is 3.23. The van der Waals surface area contributed by atoms with E-state index in [1.165, 1.54) is 25.9 Å². The average molecular weight is 373 g/mol. The minimum Gasteiger partial charge on any atom is -0.427 e. The molecule has 1 aromatic rings. The van der Waals surface area contributed by atoms with E-state index in [1.807, 2.05) is 17.9 Å². The number of nitrogens with zero attached hydrogens (tertiary/aromatic N) is 2. The van der Waals surface area contributed by atoms with Crippen LogP contribution in [-0.2, 0) is 0 Å². The first-order chi connectivity index (χ1) is 13.1. The van der Waals surface area contributed by atoms with Crippen molar-refractivity contribution in [3.05, 3.63) is 33.4 Å². The smallest absolute Gasteiger partial charge is 0.349 e. The van der Waals surface area contributed by atoms with Crippen LogP contribution in [0.15, 0.2) is 15.3 Å². The highest BCUT2D eigenvalue weighted by Gasteiger charge is 2.31. The third-order valence-electron chi connectivity index (χ3n) is 6.49. The predicted octanol–water partition coefficient (Wildman–Crippen LogP) is 2.12. The number of carbonyl (C=O) groups excluding carboxylic acids is 1. The van der Waals surface area contributed by atoms with Gasteiger partial charge in [-0.15, -0.1) is 0 Å². The third-order valence-corrected chi connectivity index (χ3v) is 6.49. The molecule has 0 saturated carbocycles. The van der Waals surface area contributed by atoms with E-state index in [9.17, 15) is 9.59 Å². The summed E-state index contributed by atoms with van der Waals surface area (Å²) in [6, 6.07) is 2.50. The van der Waals surface area contributed by atoms with Crippen LogP contribution in [0.4, 0.5) is 0 Å². The summed E-state index contributed by atoms with van der Waals surface area (Å²) in [5, 5.41) is 3.35. The largest absolute Gasteiger partial charge is 0.427 e. The van der Waals surface area contributed by atoms with E-state index in [2.05, 4.69) is 10.2 Å². The molecule has 3 saturated heterocycles. The van der Waals surface area contributed by atoms with Gasteiger partial charge in [-0.3, -0.25) is 4.79 Å². The fraction of sp³-hybridized carbons (Fsp3) is 0.714. The monoisotopic (exact) mass is 373 g/mol. The van der Waals surface area contributed by atoms with Crippen LogP contribution in [0.25, 0.3) is 0 Å². The Labute approximate surface area is 160 Å². The first-order valence-corrected chi connectivity index (χ1v) is 10.5. The second kappa shape index (κ2) is 8.15. The van der Waals surface area contributed by atoms with Crippen molar-refractivity contribution in [3.63, 3.8) is 0 Å². The van der Waals surface area contributed by atoms with Gasteiger partial charge in [0.1, 0.15) is 11.3 Å². The molecule has 3 aliphatic heterocycles. The summed E-state index contributed by atoms with van der Waals surface area (Å²) in [5.41, 5.74) is 0.503. The first kappa shape index (κ1) is 18.7. The van der Waals surface area contributed by atoms with Crippen LogP contribution in [0.5, 0.6) is 0 Å². The van der Waals surface area contributed by atoms with Crippen molar-refractivity contribution in [2.45, 2.75) is 57.4 Å². The Kier molecular flexibility index (Phi) is 5.64. The van der Waals surface area contributed by atoms with E-state index in [4.69, 9.17) is 4.42 Å². The molecule has 6 heteroatoms. The molecule has 4 rings (SSSR count). The molecule has 0 aromatic carbocycles. The fourth-order valence-corrected chi connectivity index (χ4v) is 4.88. The molecule has 0 spiro atoms. The Balaban J connectivity index is 1.45. The Morgan fingerprint density at radius 1 is 1.11 bits per heavy atom. The van der Waals surface area contributed by atoms with E-state index < -0.39 is 5.63 Å². The van der Waals surface area contributed by atoms with Gasteiger partial charge in [0.15, 0.2) is 0 Å². The normalized spacial score (nSPS) is 25.1. The Hall–Kier alpha value is -1.66. The summed E-state index contributed by atoms with van der Waals surface area (Å²) < 4.78 is 5.59. The number of rotatable bonds is 3. The molecule has 1 unspecified atom stereocenters. The summed E-state index contributed by atoms with van der Waals surface area (Å²) in [7, 11) is 0. The lowest BCUT2D eigenvalue weighted by molar-refractivity contribution is 0.0638. The molecule has 1 atom stereocenters. The van der Waals surface area contributed by atoms with E-state index in [0.29, 0.717) is 11.8 Å². The quantitative estimate of drug-likeness (QED) is 0.879. The predicted molar refractivity (Wildman–Crippen MR) is 104 cm³/mol. The molecule has 3 aliphatic rings. The number of hydrogen-bond donors (Lipinski definition) is 1. The van der Waals surface area contributed by atoms with Gasteiger partial charge in [0.2, 0.25) is 0 Å². The van der Waals surface area contributed by atoms with Gasteiger partial charge >= 0.3 is 5.63 Å². The lowest BCUT2D eigenvalue weighted by Gasteiger charge is -2.36. The van der Waals surface area contributed by atoms with Crippen LogP contribution in [0, 0.1) is 6.92 Å². The molecule has 1 amide bonds. The second-order valence-electron chi connectivity index (χ2n) is 8.30. The first-order valence-electron chi connectivity index (χ1n) is 10.5. The highest BCUT2D eigenvalue weighted by Crippen LogP contribution is 2.25. The van der Waals surface area contributed by atoms with Gasteiger partial charge < -0.3 is 19.5 Å². The molecular weight excluding hydrogens is 342 g/mol. The highest BCUT2D eigenvalue weighted by atomic mass is 16.4. The molecular formula is C21H31N3O3. The van der Waals surface area contributed by atoms with Gasteiger partial charge in [-0.25, -0.2) is 4.79 Å². The second-order valence-corrected chi connectivity index (χ2v) is 8.30. The van der Waals surface area contributed by atoms with Crippen molar-refractivity contribution < 1.29 is 9.21 Å². The molecule has 1 aromatic heterocycles. The number of likely N-dealkylation sites (tertiary alicyclic amines) is 2. The molecule has 1 N–H and O–H groups in total. The molecule has 6 nitrogen and oxygen atoms in total. The molecule has 27 heavy (non-hydrogen) atoms. The number of aryl methyl sites for hydroxylation is 1. The van der Waals surface area contributed by atoms with Crippen LogP contribution in [0.2, 0.25) is 0 Å². The maximum absolute atomic E-state index is 13.0. The molecule has 0 radical (unpaired) electrons. The summed E-state index contributed by atoms with van der Waals surface area (Å²) in [6.45, 7) is 7.56. The zero-order valence-electron chi connectivity index (χ0n) is 16.3. The summed E-state index contributed by atoms with van der Waals surface area (Å²) in [4.78, 5) is 30.0. The zero-order chi connectivity index (χ0) is 18.8. The van der Waals surface area contributed by atoms with Crippen LogP contribution in [0.1, 0.15) is 66.1 Å². The van der Waals surface area contributed by atoms with Crippen molar-refractivity contribution in [3.8, 4) is 0 Å². The zero-order valence-corrected chi connectivity index (χ0v) is 16.3. The van der Waals surface area contributed by atoms with E-state index >= 15 is 0 Å². The lowest BCUT2D eigenvalue weighted by Crippen LogP contribution is -2.46. The van der Waals surface area contributed by atoms with Crippen LogP contribution >= 0.6 is 0 Å². The number of hydrogen-bond acceptors (Lipinski definition) is 5. The van der Waals surface area contributed by atoms with Gasteiger partial charge in [-0.2, -0.15) is 0 Å². The fourth-order valence-electron chi connectivity index (χ4n) is 4.88. The summed E-state index contributed by atoms with van der Waals surface area (Å²) in [6.07, 6.45) is 6.70. The third kappa shape index (κ3) is 3.97. The lowest BCUT2D eigenvalue weighted by atomic mass is 9.95. The molecule has 4 heterocycles. The minimum atomic E-state index is -0.470. The maximum atomic E-state index is 13.0. The van der Waals surface area contributed by atoms with E-state index in [-0.39, 0.29) is 17.4 Å². The molecule has 3 fully saturated rings. The maximum Gasteiger partial charge on any atom is 0.349 e. The van der Waals surface area contributed by atoms with Gasteiger partial charge in [-0.05, 0) is 76.7 Å². The van der Waals surface area contributed by atoms with Crippen LogP contribution in [-0.4, -0.2) is 61.0 Å². The van der Waals surface area contributed by atoms with Crippen LogP contribution in [0.3, 0.4) is 0 Å². The van der Waals surface area contributed by atoms with Crippen molar-refractivity contribution in [2.24, 2.45) is 0 Å². The highest BCUT2D eigenvalue weighted by molar-refractivity contribution is 5.95. The molecule has 0 aliphatic carbocycles. The Morgan fingerprint density at radius 3 is 2.48 bits per heavy atom. The van der Waals surface area contributed by atoms with Gasteiger partial charge in [0.05, 0.1) is 0 Å². The Morgan fingerprint density at radius 2 is 1.85 bits per heavy atom. The van der Waals surface area contributed by atoms with E-state index in [1.54, 1.807) is 0 Å². The number of amides is 1. The van der Waals surface area contributed by atoms with E-state index in [0.717, 1.165) is 57.4 Å². The SMILES string of the molecule is Cc1cc(C2CCCNC2)oc(=O)c1C(=O)N1CCC(N2CCCC2)CC1. The van der Waals surface area contributed by atoms with Crippen LogP contribution < -0.4 is 10.9 Å². The Bertz CT molecular complexity index is 725. The summed E-state index contributed by atoms with van der Waals surface area (Å²) in [5.74, 6) is 0.786. The van der Waals surface area contributed by atoms with Crippen molar-refractivity contribution in [2.75, 3.05) is 39.3 Å². The number of carbonyl (C=O) groups is 1. The van der Waals surface area contributed by atoms with Gasteiger partial charge in [-0.1, -0.05) is 0 Å². The molecule has 0 bridgehead atoms. The van der Waals surface area contributed by atoms with Crippen molar-refractivity contribution in [1.82, 2.24) is 15.1 Å². The van der Waals surface area contributed by atoms with Crippen molar-refractivity contribution >= 4 is 5.91 Å². The number of piperidine rings is 2.